The molecule has 0 atom stereocenters. The average Bonchev–Trinajstić information content (AvgIpc) is 2.81. The number of rotatable bonds is 5. The molecular formula is C14H21N3O2S. The molecule has 0 bridgehead atoms. The Morgan fingerprint density at radius 2 is 2.10 bits per heavy atom. The summed E-state index contributed by atoms with van der Waals surface area (Å²) in [4.78, 5) is 21.0. The third kappa shape index (κ3) is 4.13. The highest BCUT2D eigenvalue weighted by molar-refractivity contribution is 7.12. The zero-order valence-electron chi connectivity index (χ0n) is 12.0. The lowest BCUT2D eigenvalue weighted by Gasteiger charge is -2.31. The van der Waals surface area contributed by atoms with Crippen LogP contribution in [0.1, 0.15) is 22.5 Å². The number of carbonyl (C=O) groups is 1. The van der Waals surface area contributed by atoms with Crippen LogP contribution >= 0.6 is 11.3 Å². The number of aliphatic carboxylic acids is 1. The number of hydrogen-bond acceptors (Lipinski definition) is 5. The van der Waals surface area contributed by atoms with E-state index in [0.717, 1.165) is 54.7 Å². The maximum absolute atomic E-state index is 10.6. The van der Waals surface area contributed by atoms with Gasteiger partial charge in [-0.2, -0.15) is 0 Å². The van der Waals surface area contributed by atoms with Gasteiger partial charge in [-0.1, -0.05) is 6.92 Å². The largest absolute Gasteiger partial charge is 0.478 e. The predicted octanol–water partition coefficient (Wildman–Crippen LogP) is 1.55. The van der Waals surface area contributed by atoms with Gasteiger partial charge in [-0.25, -0.2) is 9.78 Å². The molecule has 1 aromatic rings. The number of carboxylic acids is 1. The van der Waals surface area contributed by atoms with Crippen molar-refractivity contribution in [2.75, 3.05) is 33.2 Å². The van der Waals surface area contributed by atoms with Crippen molar-refractivity contribution < 1.29 is 9.90 Å². The lowest BCUT2D eigenvalue weighted by molar-refractivity contribution is -0.131. The Kier molecular flexibility index (Phi) is 5.28. The minimum absolute atomic E-state index is 0.832. The Morgan fingerprint density at radius 1 is 1.40 bits per heavy atom. The number of likely N-dealkylation sites (N-methyl/N-ethyl adjacent to an activating group) is 1. The first kappa shape index (κ1) is 15.2. The summed E-state index contributed by atoms with van der Waals surface area (Å²) in [5, 5.41) is 9.80. The van der Waals surface area contributed by atoms with Gasteiger partial charge in [0.05, 0.1) is 17.1 Å². The second-order valence-corrected chi connectivity index (χ2v) is 6.14. The minimum atomic E-state index is -0.916. The Balaban J connectivity index is 2.03. The molecule has 1 saturated heterocycles. The van der Waals surface area contributed by atoms with Crippen LogP contribution in [0.25, 0.3) is 6.08 Å². The third-order valence-electron chi connectivity index (χ3n) is 3.44. The van der Waals surface area contributed by atoms with Crippen molar-refractivity contribution >= 4 is 23.4 Å². The van der Waals surface area contributed by atoms with Gasteiger partial charge in [0.25, 0.3) is 0 Å². The van der Waals surface area contributed by atoms with E-state index in [2.05, 4.69) is 21.8 Å². The Hall–Kier alpha value is -1.24. The molecule has 5 nitrogen and oxygen atoms in total. The van der Waals surface area contributed by atoms with Crippen molar-refractivity contribution in [2.45, 2.75) is 19.9 Å². The van der Waals surface area contributed by atoms with Gasteiger partial charge in [0, 0.05) is 32.3 Å². The van der Waals surface area contributed by atoms with Crippen LogP contribution in [0.5, 0.6) is 0 Å². The molecule has 110 valence electrons. The van der Waals surface area contributed by atoms with E-state index in [1.165, 1.54) is 6.08 Å². The molecule has 1 aromatic heterocycles. The van der Waals surface area contributed by atoms with Crippen molar-refractivity contribution in [1.29, 1.82) is 0 Å². The molecule has 1 N–H and O–H groups in total. The van der Waals surface area contributed by atoms with E-state index in [4.69, 9.17) is 5.11 Å². The van der Waals surface area contributed by atoms with Crippen molar-refractivity contribution in [3.05, 3.63) is 21.7 Å². The Labute approximate surface area is 123 Å². The van der Waals surface area contributed by atoms with E-state index in [9.17, 15) is 4.79 Å². The zero-order valence-corrected chi connectivity index (χ0v) is 12.8. The van der Waals surface area contributed by atoms with Crippen LogP contribution in [-0.2, 0) is 17.8 Å². The van der Waals surface area contributed by atoms with Gasteiger partial charge in [-0.3, -0.25) is 4.90 Å². The summed E-state index contributed by atoms with van der Waals surface area (Å²) in [5.41, 5.74) is 0.997. The molecule has 20 heavy (non-hydrogen) atoms. The summed E-state index contributed by atoms with van der Waals surface area (Å²) in [6.45, 7) is 7.24. The fourth-order valence-electron chi connectivity index (χ4n) is 2.21. The van der Waals surface area contributed by atoms with Crippen LogP contribution in [0, 0.1) is 0 Å². The lowest BCUT2D eigenvalue weighted by Crippen LogP contribution is -2.43. The number of thiazole rings is 1. The number of piperazine rings is 1. The molecule has 0 aromatic carbocycles. The standard InChI is InChI=1S/C14H21N3O2S/c1-3-11-12(4-5-14(18)19)20-13(15-11)10-17-8-6-16(2)7-9-17/h4-5H,3,6-10H2,1-2H3,(H,18,19)/b5-4+. The molecule has 6 heteroatoms. The van der Waals surface area contributed by atoms with Crippen LogP contribution in [0.4, 0.5) is 0 Å². The Morgan fingerprint density at radius 3 is 2.70 bits per heavy atom. The number of nitrogens with zero attached hydrogens (tertiary/aromatic N) is 3. The van der Waals surface area contributed by atoms with Crippen LogP contribution < -0.4 is 0 Å². The second-order valence-electron chi connectivity index (χ2n) is 5.02. The number of aromatic nitrogens is 1. The molecule has 2 rings (SSSR count). The normalized spacial score (nSPS) is 17.9. The molecule has 1 aliphatic rings. The van der Waals surface area contributed by atoms with Crippen LogP contribution in [0.15, 0.2) is 6.08 Å². The van der Waals surface area contributed by atoms with Gasteiger partial charge < -0.3 is 10.0 Å². The monoisotopic (exact) mass is 295 g/mol. The van der Waals surface area contributed by atoms with Gasteiger partial charge in [-0.05, 0) is 19.5 Å². The van der Waals surface area contributed by atoms with Gasteiger partial charge in [-0.15, -0.1) is 11.3 Å². The van der Waals surface area contributed by atoms with Gasteiger partial charge in [0.1, 0.15) is 5.01 Å². The zero-order chi connectivity index (χ0) is 14.5. The van der Waals surface area contributed by atoms with E-state index in [1.54, 1.807) is 17.4 Å². The predicted molar refractivity (Wildman–Crippen MR) is 80.9 cm³/mol. The molecule has 1 aliphatic heterocycles. The topological polar surface area (TPSA) is 56.7 Å². The molecule has 0 radical (unpaired) electrons. The van der Waals surface area contributed by atoms with Crippen molar-refractivity contribution in [3.63, 3.8) is 0 Å². The number of hydrogen-bond donors (Lipinski definition) is 1. The van der Waals surface area contributed by atoms with Crippen molar-refractivity contribution in [3.8, 4) is 0 Å². The number of carboxylic acid groups (broad SMARTS) is 1. The van der Waals surface area contributed by atoms with Gasteiger partial charge in [0.2, 0.25) is 0 Å². The molecule has 0 spiro atoms. The summed E-state index contributed by atoms with van der Waals surface area (Å²) in [6.07, 6.45) is 3.68. The summed E-state index contributed by atoms with van der Waals surface area (Å²) in [6, 6.07) is 0. The summed E-state index contributed by atoms with van der Waals surface area (Å²) in [5.74, 6) is -0.916. The van der Waals surface area contributed by atoms with Crippen molar-refractivity contribution in [2.24, 2.45) is 0 Å². The minimum Gasteiger partial charge on any atom is -0.478 e. The highest BCUT2D eigenvalue weighted by Gasteiger charge is 2.16. The first-order chi connectivity index (χ1) is 9.58. The van der Waals surface area contributed by atoms with E-state index in [0.29, 0.717) is 0 Å². The fraction of sp³-hybridized carbons (Fsp3) is 0.571. The lowest BCUT2D eigenvalue weighted by atomic mass is 10.3. The van der Waals surface area contributed by atoms with Crippen LogP contribution in [0.2, 0.25) is 0 Å². The summed E-state index contributed by atoms with van der Waals surface area (Å²) in [7, 11) is 2.14. The molecule has 0 amide bonds. The number of aryl methyl sites for hydroxylation is 1. The fourth-order valence-corrected chi connectivity index (χ4v) is 3.31. The highest BCUT2D eigenvalue weighted by Crippen LogP contribution is 2.22. The summed E-state index contributed by atoms with van der Waals surface area (Å²) < 4.78 is 0. The summed E-state index contributed by atoms with van der Waals surface area (Å²) >= 11 is 1.60. The maximum atomic E-state index is 10.6. The molecular weight excluding hydrogens is 274 g/mol. The second kappa shape index (κ2) is 6.97. The first-order valence-corrected chi connectivity index (χ1v) is 7.70. The molecule has 0 aliphatic carbocycles. The average molecular weight is 295 g/mol. The smallest absolute Gasteiger partial charge is 0.328 e. The van der Waals surface area contributed by atoms with E-state index in [-0.39, 0.29) is 0 Å². The van der Waals surface area contributed by atoms with E-state index in [1.807, 2.05) is 6.92 Å². The SMILES string of the molecule is CCc1nc(CN2CCN(C)CC2)sc1/C=C/C(=O)O. The van der Waals surface area contributed by atoms with Crippen LogP contribution in [0.3, 0.4) is 0 Å². The molecule has 0 saturated carbocycles. The third-order valence-corrected chi connectivity index (χ3v) is 4.49. The molecule has 0 unspecified atom stereocenters. The Bertz CT molecular complexity index is 491. The first-order valence-electron chi connectivity index (χ1n) is 6.89. The van der Waals surface area contributed by atoms with Crippen LogP contribution in [-0.4, -0.2) is 59.1 Å². The molecule has 2 heterocycles. The maximum Gasteiger partial charge on any atom is 0.328 e. The van der Waals surface area contributed by atoms with Crippen molar-refractivity contribution in [1.82, 2.24) is 14.8 Å². The highest BCUT2D eigenvalue weighted by atomic mass is 32.1. The van der Waals surface area contributed by atoms with E-state index < -0.39 is 5.97 Å². The quantitative estimate of drug-likeness (QED) is 0.835. The molecule has 1 fully saturated rings. The van der Waals surface area contributed by atoms with Gasteiger partial charge in [0.15, 0.2) is 0 Å². The van der Waals surface area contributed by atoms with Gasteiger partial charge >= 0.3 is 5.97 Å². The van der Waals surface area contributed by atoms with E-state index >= 15 is 0 Å².